The van der Waals surface area contributed by atoms with Gasteiger partial charge in [0.2, 0.25) is 5.89 Å². The Morgan fingerprint density at radius 3 is 2.30 bits per heavy atom. The van der Waals surface area contributed by atoms with Gasteiger partial charge in [0.05, 0.1) is 6.61 Å². The number of hydrogen-bond acceptors (Lipinski definition) is 5. The summed E-state index contributed by atoms with van der Waals surface area (Å²) in [5.74, 6) is 1.46. The molecule has 1 heterocycles. The van der Waals surface area contributed by atoms with E-state index in [1.165, 1.54) is 0 Å². The fourth-order valence-corrected chi connectivity index (χ4v) is 3.90. The molecule has 0 amide bonds. The molecule has 0 saturated heterocycles. The average Bonchev–Trinajstić information content (AvgIpc) is 3.28. The number of rotatable bonds is 10. The van der Waals surface area contributed by atoms with Gasteiger partial charge in [0.1, 0.15) is 11.3 Å². The zero-order chi connectivity index (χ0) is 23.2. The molecule has 4 aromatic rings. The van der Waals surface area contributed by atoms with Gasteiger partial charge >= 0.3 is 0 Å². The maximum Gasteiger partial charge on any atom is 0.227 e. The highest BCUT2D eigenvalue weighted by atomic mass is 35.5. The molecule has 0 aliphatic heterocycles. The topological polar surface area (TPSA) is 41.7 Å². The number of benzene rings is 3. The number of ether oxygens (including phenoxy) is 1. The van der Waals surface area contributed by atoms with Crippen molar-refractivity contribution < 1.29 is 9.15 Å². The maximum absolute atomic E-state index is 6.08. The van der Waals surface area contributed by atoms with Crippen LogP contribution >= 0.6 is 11.6 Å². The molecule has 0 N–H and O–H groups in total. The SMILES string of the molecule is CCN(CC)CCCOc1ccc(-c2nc3ccc(N(C)c4ccc(Cl)cc4)cc3o2)cc1. The fourth-order valence-electron chi connectivity index (χ4n) is 3.77. The third kappa shape index (κ3) is 5.67. The molecule has 3 aromatic carbocycles. The van der Waals surface area contributed by atoms with E-state index in [4.69, 9.17) is 20.8 Å². The van der Waals surface area contributed by atoms with Gasteiger partial charge in [-0.1, -0.05) is 25.4 Å². The molecule has 33 heavy (non-hydrogen) atoms. The van der Waals surface area contributed by atoms with Gasteiger partial charge in [0, 0.05) is 41.6 Å². The highest BCUT2D eigenvalue weighted by Crippen LogP contribution is 2.31. The molecule has 172 valence electrons. The first kappa shape index (κ1) is 23.1. The van der Waals surface area contributed by atoms with Crippen molar-refractivity contribution in [3.63, 3.8) is 0 Å². The molecule has 6 heteroatoms. The summed E-state index contributed by atoms with van der Waals surface area (Å²) < 4.78 is 12.0. The molecule has 0 spiro atoms. The fraction of sp³-hybridized carbons (Fsp3) is 0.296. The number of hydrogen-bond donors (Lipinski definition) is 0. The predicted molar refractivity (Wildman–Crippen MR) is 137 cm³/mol. The van der Waals surface area contributed by atoms with Crippen molar-refractivity contribution in [3.8, 4) is 17.2 Å². The first-order chi connectivity index (χ1) is 16.1. The standard InChI is InChI=1S/C27H30ClN3O2/c1-4-31(5-2)17-6-18-32-24-14-7-20(8-15-24)27-29-25-16-13-23(19-26(25)33-27)30(3)22-11-9-21(28)10-12-22/h7-16,19H,4-6,17-18H2,1-3H3. The van der Waals surface area contributed by atoms with Crippen LogP contribution in [-0.2, 0) is 0 Å². The summed E-state index contributed by atoms with van der Waals surface area (Å²) in [5.41, 5.74) is 4.57. The van der Waals surface area contributed by atoms with Crippen LogP contribution in [0.4, 0.5) is 11.4 Å². The van der Waals surface area contributed by atoms with E-state index in [0.717, 1.165) is 64.9 Å². The Balaban J connectivity index is 1.42. The number of fused-ring (bicyclic) bond motifs is 1. The van der Waals surface area contributed by atoms with Crippen LogP contribution in [0.25, 0.3) is 22.6 Å². The number of oxazole rings is 1. The van der Waals surface area contributed by atoms with E-state index in [-0.39, 0.29) is 0 Å². The van der Waals surface area contributed by atoms with E-state index in [0.29, 0.717) is 12.5 Å². The molecule has 0 atom stereocenters. The van der Waals surface area contributed by atoms with Crippen LogP contribution < -0.4 is 9.64 Å². The van der Waals surface area contributed by atoms with Crippen LogP contribution in [0.3, 0.4) is 0 Å². The van der Waals surface area contributed by atoms with Gasteiger partial charge in [-0.25, -0.2) is 4.98 Å². The minimum atomic E-state index is 0.601. The summed E-state index contributed by atoms with van der Waals surface area (Å²) in [5, 5.41) is 0.721. The summed E-state index contributed by atoms with van der Waals surface area (Å²) >= 11 is 6.01. The molecule has 5 nitrogen and oxygen atoms in total. The van der Waals surface area contributed by atoms with Crippen molar-refractivity contribution in [1.29, 1.82) is 0 Å². The second-order valence-corrected chi connectivity index (χ2v) is 8.40. The molecular formula is C27H30ClN3O2. The third-order valence-corrected chi connectivity index (χ3v) is 6.11. The lowest BCUT2D eigenvalue weighted by atomic mass is 10.2. The lowest BCUT2D eigenvalue weighted by molar-refractivity contribution is 0.249. The van der Waals surface area contributed by atoms with Crippen LogP contribution in [-0.4, -0.2) is 43.2 Å². The number of anilines is 2. The number of halogens is 1. The summed E-state index contributed by atoms with van der Waals surface area (Å²) in [6.07, 6.45) is 1.02. The van der Waals surface area contributed by atoms with Crippen molar-refractivity contribution in [2.45, 2.75) is 20.3 Å². The minimum absolute atomic E-state index is 0.601. The second-order valence-electron chi connectivity index (χ2n) is 7.96. The molecular weight excluding hydrogens is 434 g/mol. The van der Waals surface area contributed by atoms with Crippen molar-refractivity contribution in [2.24, 2.45) is 0 Å². The van der Waals surface area contributed by atoms with Crippen LogP contribution in [0.1, 0.15) is 20.3 Å². The Morgan fingerprint density at radius 2 is 1.61 bits per heavy atom. The smallest absolute Gasteiger partial charge is 0.227 e. The van der Waals surface area contributed by atoms with E-state index >= 15 is 0 Å². The molecule has 4 rings (SSSR count). The van der Waals surface area contributed by atoms with E-state index in [1.807, 2.05) is 73.8 Å². The van der Waals surface area contributed by atoms with Gasteiger partial charge in [-0.15, -0.1) is 0 Å². The molecule has 0 unspecified atom stereocenters. The summed E-state index contributed by atoms with van der Waals surface area (Å²) in [7, 11) is 2.02. The Morgan fingerprint density at radius 1 is 0.909 bits per heavy atom. The number of nitrogens with zero attached hydrogens (tertiary/aromatic N) is 3. The molecule has 0 bridgehead atoms. The van der Waals surface area contributed by atoms with Crippen molar-refractivity contribution in [2.75, 3.05) is 38.2 Å². The first-order valence-electron chi connectivity index (χ1n) is 11.4. The van der Waals surface area contributed by atoms with E-state index < -0.39 is 0 Å². The van der Waals surface area contributed by atoms with Crippen molar-refractivity contribution in [3.05, 3.63) is 71.8 Å². The van der Waals surface area contributed by atoms with E-state index in [1.54, 1.807) is 0 Å². The average molecular weight is 464 g/mol. The van der Waals surface area contributed by atoms with Gasteiger partial charge in [-0.05, 0) is 80.2 Å². The second kappa shape index (κ2) is 10.7. The zero-order valence-electron chi connectivity index (χ0n) is 19.4. The van der Waals surface area contributed by atoms with Gasteiger partial charge in [-0.3, -0.25) is 0 Å². The van der Waals surface area contributed by atoms with Crippen LogP contribution in [0.15, 0.2) is 71.1 Å². The lowest BCUT2D eigenvalue weighted by Crippen LogP contribution is -2.25. The molecule has 1 aromatic heterocycles. The minimum Gasteiger partial charge on any atom is -0.494 e. The Hall–Kier alpha value is -3.02. The van der Waals surface area contributed by atoms with Crippen LogP contribution in [0, 0.1) is 0 Å². The molecule has 0 fully saturated rings. The van der Waals surface area contributed by atoms with Gasteiger partial charge in [0.25, 0.3) is 0 Å². The Kier molecular flexibility index (Phi) is 7.53. The Bertz CT molecular complexity index is 1170. The third-order valence-electron chi connectivity index (χ3n) is 5.86. The molecule has 0 radical (unpaired) electrons. The van der Waals surface area contributed by atoms with Gasteiger partial charge in [0.15, 0.2) is 5.58 Å². The normalized spacial score (nSPS) is 11.3. The quantitative estimate of drug-likeness (QED) is 0.236. The predicted octanol–water partition coefficient (Wildman–Crippen LogP) is 7.03. The van der Waals surface area contributed by atoms with Crippen LogP contribution in [0.5, 0.6) is 5.75 Å². The highest BCUT2D eigenvalue weighted by Gasteiger charge is 2.11. The van der Waals surface area contributed by atoms with E-state index in [9.17, 15) is 0 Å². The monoisotopic (exact) mass is 463 g/mol. The molecule has 0 saturated carbocycles. The molecule has 0 aliphatic carbocycles. The number of aromatic nitrogens is 1. The maximum atomic E-state index is 6.08. The summed E-state index contributed by atoms with van der Waals surface area (Å²) in [6.45, 7) is 8.30. The van der Waals surface area contributed by atoms with Crippen molar-refractivity contribution >= 4 is 34.1 Å². The summed E-state index contributed by atoms with van der Waals surface area (Å²) in [6, 6.07) is 21.7. The first-order valence-corrected chi connectivity index (χ1v) is 11.8. The largest absolute Gasteiger partial charge is 0.494 e. The van der Waals surface area contributed by atoms with E-state index in [2.05, 4.69) is 28.6 Å². The van der Waals surface area contributed by atoms with Gasteiger partial charge < -0.3 is 19.0 Å². The van der Waals surface area contributed by atoms with Gasteiger partial charge in [-0.2, -0.15) is 0 Å². The van der Waals surface area contributed by atoms with Crippen LogP contribution in [0.2, 0.25) is 5.02 Å². The van der Waals surface area contributed by atoms with Crippen molar-refractivity contribution in [1.82, 2.24) is 9.88 Å². The lowest BCUT2D eigenvalue weighted by Gasteiger charge is -2.19. The zero-order valence-corrected chi connectivity index (χ0v) is 20.2. The highest BCUT2D eigenvalue weighted by molar-refractivity contribution is 6.30. The Labute approximate surface area is 200 Å². The summed E-state index contributed by atoms with van der Waals surface area (Å²) in [4.78, 5) is 9.15. The molecule has 0 aliphatic rings.